The predicted octanol–water partition coefficient (Wildman–Crippen LogP) is 3.63. The molecule has 1 N–H and O–H groups in total. The summed E-state index contributed by atoms with van der Waals surface area (Å²) in [6.45, 7) is 0.625. The van der Waals surface area contributed by atoms with E-state index in [0.29, 0.717) is 26.1 Å². The van der Waals surface area contributed by atoms with Crippen LogP contribution in [0.1, 0.15) is 12.8 Å². The Morgan fingerprint density at radius 1 is 1.00 bits per heavy atom. The molecule has 0 bridgehead atoms. The lowest BCUT2D eigenvalue weighted by Crippen LogP contribution is -2.03. The molecule has 0 amide bonds. The van der Waals surface area contributed by atoms with E-state index >= 15 is 0 Å². The molecule has 2 fully saturated rings. The summed E-state index contributed by atoms with van der Waals surface area (Å²) in [5, 5.41) is 0. The molecular weight excluding hydrogens is 317 g/mol. The molecule has 0 spiro atoms. The number of hydrogen-bond donors (Lipinski definition) is 1. The van der Waals surface area contributed by atoms with Crippen LogP contribution in [0.5, 0.6) is 0 Å². The summed E-state index contributed by atoms with van der Waals surface area (Å²) >= 11 is 23.2. The Morgan fingerprint density at radius 2 is 1.31 bits per heavy atom. The highest BCUT2D eigenvalue weighted by atomic mass is 35.5. The molecule has 2 aliphatic carbocycles. The van der Waals surface area contributed by atoms with Gasteiger partial charge in [0.25, 0.3) is 0 Å². The third-order valence-corrected chi connectivity index (χ3v) is 5.28. The van der Waals surface area contributed by atoms with Gasteiger partial charge in [-0.2, -0.15) is 0 Å². The Morgan fingerprint density at radius 3 is 1.56 bits per heavy atom. The molecule has 0 aromatic carbocycles. The monoisotopic (exact) mass is 326 g/mol. The van der Waals surface area contributed by atoms with Gasteiger partial charge in [0, 0.05) is 11.8 Å². The van der Waals surface area contributed by atoms with Crippen LogP contribution < -0.4 is 0 Å². The van der Waals surface area contributed by atoms with E-state index in [1.165, 1.54) is 0 Å². The first-order chi connectivity index (χ1) is 7.31. The van der Waals surface area contributed by atoms with E-state index in [4.69, 9.17) is 55.5 Å². The van der Waals surface area contributed by atoms with Crippen molar-refractivity contribution >= 4 is 55.0 Å². The molecule has 16 heavy (non-hydrogen) atoms. The van der Waals surface area contributed by atoms with Crippen LogP contribution >= 0.6 is 55.0 Å². The molecule has 2 rings (SSSR count). The highest BCUT2D eigenvalue weighted by Gasteiger charge is 2.53. The van der Waals surface area contributed by atoms with Crippen LogP contribution in [0.25, 0.3) is 0 Å². The summed E-state index contributed by atoms with van der Waals surface area (Å²) in [5.41, 5.74) is 0. The molecule has 94 valence electrons. The Bertz CT molecular complexity index is 250. The van der Waals surface area contributed by atoms with E-state index < -0.39 is 17.3 Å². The molecule has 2 unspecified atom stereocenters. The van der Waals surface area contributed by atoms with Crippen molar-refractivity contribution in [2.75, 3.05) is 13.2 Å². The standard InChI is InChI=1S/C8H11Cl4O3P/c9-7(10)1-5(7)3-14-16(13)15-4-6-2-8(6,11)12/h5-6,13H,1-4H2. The quantitative estimate of drug-likeness (QED) is 0.598. The summed E-state index contributed by atoms with van der Waals surface area (Å²) in [6, 6.07) is 0. The second-order valence-electron chi connectivity index (χ2n) is 4.15. The summed E-state index contributed by atoms with van der Waals surface area (Å²) in [5.74, 6) is 0.162. The van der Waals surface area contributed by atoms with Crippen LogP contribution in [0.4, 0.5) is 0 Å². The Hall–Kier alpha value is 1.47. The Kier molecular flexibility index (Phi) is 4.22. The fraction of sp³-hybridized carbons (Fsp3) is 1.00. The predicted molar refractivity (Wildman–Crippen MR) is 66.1 cm³/mol. The highest BCUT2D eigenvalue weighted by molar-refractivity contribution is 7.40. The van der Waals surface area contributed by atoms with Crippen LogP contribution in [-0.2, 0) is 9.05 Å². The zero-order chi connectivity index (χ0) is 12.0. The fourth-order valence-corrected chi connectivity index (χ4v) is 2.93. The van der Waals surface area contributed by atoms with Crippen molar-refractivity contribution in [3.05, 3.63) is 0 Å². The van der Waals surface area contributed by atoms with Crippen molar-refractivity contribution in [2.45, 2.75) is 21.5 Å². The first kappa shape index (κ1) is 13.9. The van der Waals surface area contributed by atoms with Crippen LogP contribution in [0, 0.1) is 11.8 Å². The van der Waals surface area contributed by atoms with Gasteiger partial charge in [0.1, 0.15) is 8.67 Å². The van der Waals surface area contributed by atoms with Crippen molar-refractivity contribution in [1.29, 1.82) is 0 Å². The molecule has 3 nitrogen and oxygen atoms in total. The van der Waals surface area contributed by atoms with E-state index in [0.717, 1.165) is 0 Å². The second-order valence-corrected chi connectivity index (χ2v) is 8.23. The lowest BCUT2D eigenvalue weighted by atomic mass is 10.5. The molecule has 0 aliphatic heterocycles. The molecule has 2 saturated carbocycles. The van der Waals surface area contributed by atoms with E-state index in [1.807, 2.05) is 0 Å². The maximum atomic E-state index is 9.39. The lowest BCUT2D eigenvalue weighted by molar-refractivity contribution is 0.187. The van der Waals surface area contributed by atoms with E-state index in [-0.39, 0.29) is 11.8 Å². The van der Waals surface area contributed by atoms with Crippen molar-refractivity contribution in [1.82, 2.24) is 0 Å². The molecule has 0 aromatic heterocycles. The zero-order valence-electron chi connectivity index (χ0n) is 8.21. The van der Waals surface area contributed by atoms with Gasteiger partial charge in [0.15, 0.2) is 0 Å². The van der Waals surface area contributed by atoms with Crippen LogP contribution in [0.15, 0.2) is 0 Å². The SMILES string of the molecule is OP(OCC1CC1(Cl)Cl)OCC1CC1(Cl)Cl. The molecular formula is C8H11Cl4O3P. The minimum Gasteiger partial charge on any atom is -0.328 e. The molecule has 0 radical (unpaired) electrons. The van der Waals surface area contributed by atoms with Gasteiger partial charge in [-0.05, 0) is 12.8 Å². The van der Waals surface area contributed by atoms with E-state index in [9.17, 15) is 4.89 Å². The van der Waals surface area contributed by atoms with Crippen LogP contribution in [-0.4, -0.2) is 26.8 Å². The largest absolute Gasteiger partial charge is 0.329 e. The minimum absolute atomic E-state index is 0.0812. The van der Waals surface area contributed by atoms with Crippen molar-refractivity contribution in [3.63, 3.8) is 0 Å². The molecule has 0 saturated heterocycles. The average Bonchev–Trinajstić information content (AvgIpc) is 2.96. The minimum atomic E-state index is -1.88. The summed E-state index contributed by atoms with van der Waals surface area (Å²) in [7, 11) is -1.88. The van der Waals surface area contributed by atoms with E-state index in [2.05, 4.69) is 0 Å². The third kappa shape index (κ3) is 3.73. The van der Waals surface area contributed by atoms with Gasteiger partial charge in [0.05, 0.1) is 13.2 Å². The lowest BCUT2D eigenvalue weighted by Gasteiger charge is -2.10. The number of alkyl halides is 4. The van der Waals surface area contributed by atoms with Crippen LogP contribution in [0.3, 0.4) is 0 Å². The first-order valence-corrected chi connectivity index (χ1v) is 7.46. The molecule has 0 aromatic rings. The molecule has 8 heteroatoms. The van der Waals surface area contributed by atoms with Crippen molar-refractivity contribution in [3.8, 4) is 0 Å². The normalized spacial score (nSPS) is 35.8. The van der Waals surface area contributed by atoms with Gasteiger partial charge in [-0.25, -0.2) is 0 Å². The van der Waals surface area contributed by atoms with Gasteiger partial charge in [0.2, 0.25) is 0 Å². The number of halogens is 4. The average molecular weight is 328 g/mol. The van der Waals surface area contributed by atoms with Gasteiger partial charge in [-0.15, -0.1) is 46.4 Å². The highest BCUT2D eigenvalue weighted by Crippen LogP contribution is 2.56. The fourth-order valence-electron chi connectivity index (χ4n) is 1.25. The van der Waals surface area contributed by atoms with E-state index in [1.54, 1.807) is 0 Å². The third-order valence-electron chi connectivity index (χ3n) is 2.68. The maximum absolute atomic E-state index is 9.39. The number of hydrogen-bond acceptors (Lipinski definition) is 3. The first-order valence-electron chi connectivity index (χ1n) is 4.82. The van der Waals surface area contributed by atoms with Crippen LogP contribution in [0.2, 0.25) is 0 Å². The zero-order valence-corrected chi connectivity index (χ0v) is 12.1. The summed E-state index contributed by atoms with van der Waals surface area (Å²) < 4.78 is 8.81. The summed E-state index contributed by atoms with van der Waals surface area (Å²) in [4.78, 5) is 9.39. The smallest absolute Gasteiger partial charge is 0.328 e. The molecule has 2 atom stereocenters. The number of rotatable bonds is 6. The Labute approximate surface area is 115 Å². The van der Waals surface area contributed by atoms with Gasteiger partial charge >= 0.3 is 8.60 Å². The van der Waals surface area contributed by atoms with Crippen molar-refractivity contribution in [2.24, 2.45) is 11.8 Å². The van der Waals surface area contributed by atoms with Gasteiger partial charge < -0.3 is 13.9 Å². The van der Waals surface area contributed by atoms with Crippen molar-refractivity contribution < 1.29 is 13.9 Å². The topological polar surface area (TPSA) is 38.7 Å². The Balaban J connectivity index is 1.54. The molecule has 2 aliphatic rings. The van der Waals surface area contributed by atoms with Gasteiger partial charge in [-0.3, -0.25) is 0 Å². The second kappa shape index (κ2) is 4.86. The summed E-state index contributed by atoms with van der Waals surface area (Å²) in [6.07, 6.45) is 1.38. The molecule has 0 heterocycles. The van der Waals surface area contributed by atoms with Gasteiger partial charge in [-0.1, -0.05) is 0 Å². The maximum Gasteiger partial charge on any atom is 0.329 e.